The Morgan fingerprint density at radius 2 is 1.83 bits per heavy atom. The van der Waals surface area contributed by atoms with Crippen LogP contribution >= 0.6 is 12.2 Å². The molecule has 0 fully saturated rings. The molecule has 0 amide bonds. The van der Waals surface area contributed by atoms with Gasteiger partial charge in [0, 0.05) is 11.9 Å². The quantitative estimate of drug-likeness (QED) is 0.647. The zero-order valence-electron chi connectivity index (χ0n) is 12.1. The summed E-state index contributed by atoms with van der Waals surface area (Å²) in [6.45, 7) is 0. The maximum Gasteiger partial charge on any atom is 0.274 e. The Labute approximate surface area is 138 Å². The lowest BCUT2D eigenvalue weighted by Gasteiger charge is -2.06. The molecule has 3 aromatic rings. The minimum atomic E-state index is -0.247. The minimum Gasteiger partial charge on any atom is -0.339 e. The molecule has 1 aromatic heterocycles. The van der Waals surface area contributed by atoms with E-state index in [1.165, 1.54) is 0 Å². The maximum absolute atomic E-state index is 12.0. The zero-order valence-corrected chi connectivity index (χ0v) is 12.9. The lowest BCUT2D eigenvalue weighted by Crippen LogP contribution is -2.23. The number of H-pyrrole nitrogens is 1. The van der Waals surface area contributed by atoms with Crippen LogP contribution in [0.1, 0.15) is 5.69 Å². The molecule has 0 unspecified atom stereocenters. The summed E-state index contributed by atoms with van der Waals surface area (Å²) in [5.41, 5.74) is 2.41. The predicted molar refractivity (Wildman–Crippen MR) is 97.2 cm³/mol. The van der Waals surface area contributed by atoms with Gasteiger partial charge in [-0.2, -0.15) is 0 Å². The SMILES string of the molecule is O=c1[nH]c2ccccc2nc1/C=C/NC(=S)Nc1ccccc1. The summed E-state index contributed by atoms with van der Waals surface area (Å²) >= 11 is 5.18. The molecule has 3 N–H and O–H groups in total. The molecule has 0 saturated heterocycles. The number of aromatic amines is 1. The number of aromatic nitrogens is 2. The molecule has 5 nitrogen and oxygen atoms in total. The summed E-state index contributed by atoms with van der Waals surface area (Å²) in [6.07, 6.45) is 3.18. The molecule has 0 atom stereocenters. The van der Waals surface area contributed by atoms with Crippen molar-refractivity contribution in [3.8, 4) is 0 Å². The van der Waals surface area contributed by atoms with E-state index in [-0.39, 0.29) is 5.56 Å². The first-order chi connectivity index (χ1) is 11.2. The van der Waals surface area contributed by atoms with Crippen LogP contribution in [-0.4, -0.2) is 15.1 Å². The monoisotopic (exact) mass is 322 g/mol. The largest absolute Gasteiger partial charge is 0.339 e. The first-order valence-corrected chi connectivity index (χ1v) is 7.41. The smallest absolute Gasteiger partial charge is 0.274 e. The molecule has 3 rings (SSSR count). The second-order valence-electron chi connectivity index (χ2n) is 4.77. The molecule has 0 saturated carbocycles. The molecule has 1 heterocycles. The number of nitrogens with one attached hydrogen (secondary N) is 3. The third-order valence-electron chi connectivity index (χ3n) is 3.11. The Morgan fingerprint density at radius 3 is 2.65 bits per heavy atom. The molecule has 0 spiro atoms. The molecular formula is C17H14N4OS. The van der Waals surface area contributed by atoms with Crippen LogP contribution in [0.5, 0.6) is 0 Å². The van der Waals surface area contributed by atoms with E-state index in [4.69, 9.17) is 12.2 Å². The zero-order chi connectivity index (χ0) is 16.1. The van der Waals surface area contributed by atoms with Gasteiger partial charge in [0.05, 0.1) is 11.0 Å². The summed E-state index contributed by atoms with van der Waals surface area (Å²) in [4.78, 5) is 19.1. The summed E-state index contributed by atoms with van der Waals surface area (Å²) in [5.74, 6) is 0. The normalized spacial score (nSPS) is 10.8. The number of thiocarbonyl (C=S) groups is 1. The van der Waals surface area contributed by atoms with Crippen molar-refractivity contribution in [2.45, 2.75) is 0 Å². The van der Waals surface area contributed by atoms with Crippen LogP contribution < -0.4 is 16.2 Å². The van der Waals surface area contributed by atoms with Gasteiger partial charge in [-0.15, -0.1) is 0 Å². The van der Waals surface area contributed by atoms with Crippen molar-refractivity contribution in [1.82, 2.24) is 15.3 Å². The van der Waals surface area contributed by atoms with Crippen molar-refractivity contribution in [3.05, 3.63) is 76.8 Å². The maximum atomic E-state index is 12.0. The van der Waals surface area contributed by atoms with Gasteiger partial charge in [-0.25, -0.2) is 4.98 Å². The third-order valence-corrected chi connectivity index (χ3v) is 3.33. The summed E-state index contributed by atoms with van der Waals surface area (Å²) < 4.78 is 0. The van der Waals surface area contributed by atoms with Gasteiger partial charge in [0.15, 0.2) is 5.11 Å². The number of fused-ring (bicyclic) bond motifs is 1. The number of hydrogen-bond acceptors (Lipinski definition) is 3. The highest BCUT2D eigenvalue weighted by molar-refractivity contribution is 7.80. The summed E-state index contributed by atoms with van der Waals surface area (Å²) in [5, 5.41) is 6.37. The van der Waals surface area contributed by atoms with Gasteiger partial charge in [-0.3, -0.25) is 4.79 Å². The Morgan fingerprint density at radius 1 is 1.09 bits per heavy atom. The second kappa shape index (κ2) is 6.85. The highest BCUT2D eigenvalue weighted by Crippen LogP contribution is 2.06. The van der Waals surface area contributed by atoms with Crippen molar-refractivity contribution in [2.24, 2.45) is 0 Å². The standard InChI is InChI=1S/C17H14N4OS/c22-16-15(20-13-8-4-5-9-14(13)21-16)10-11-18-17(23)19-12-6-2-1-3-7-12/h1-11H,(H,21,22)(H2,18,19,23)/b11-10+. The van der Waals surface area contributed by atoms with E-state index in [0.717, 1.165) is 11.2 Å². The van der Waals surface area contributed by atoms with Crippen LogP contribution in [0.4, 0.5) is 5.69 Å². The fourth-order valence-corrected chi connectivity index (χ4v) is 2.23. The molecule has 0 aliphatic heterocycles. The van der Waals surface area contributed by atoms with E-state index >= 15 is 0 Å². The van der Waals surface area contributed by atoms with E-state index in [9.17, 15) is 4.79 Å². The predicted octanol–water partition coefficient (Wildman–Crippen LogP) is 2.88. The molecule has 0 aliphatic rings. The molecule has 2 aromatic carbocycles. The van der Waals surface area contributed by atoms with Crippen molar-refractivity contribution >= 4 is 40.1 Å². The van der Waals surface area contributed by atoms with Gasteiger partial charge >= 0.3 is 0 Å². The van der Waals surface area contributed by atoms with E-state index in [1.54, 1.807) is 12.3 Å². The Kier molecular flexibility index (Phi) is 4.44. The van der Waals surface area contributed by atoms with Crippen LogP contribution in [0.25, 0.3) is 17.1 Å². The highest BCUT2D eigenvalue weighted by Gasteiger charge is 2.01. The lowest BCUT2D eigenvalue weighted by molar-refractivity contribution is 1.18. The fraction of sp³-hybridized carbons (Fsp3) is 0. The topological polar surface area (TPSA) is 69.8 Å². The van der Waals surface area contributed by atoms with E-state index in [2.05, 4.69) is 20.6 Å². The van der Waals surface area contributed by atoms with Gasteiger partial charge in [-0.05, 0) is 42.6 Å². The third kappa shape index (κ3) is 3.81. The summed E-state index contributed by atoms with van der Waals surface area (Å²) in [7, 11) is 0. The van der Waals surface area contributed by atoms with Crippen LogP contribution in [0, 0.1) is 0 Å². The first kappa shape index (κ1) is 14.9. The molecule has 0 radical (unpaired) electrons. The van der Waals surface area contributed by atoms with Crippen LogP contribution in [0.3, 0.4) is 0 Å². The van der Waals surface area contributed by atoms with Gasteiger partial charge in [0.2, 0.25) is 0 Å². The molecule has 23 heavy (non-hydrogen) atoms. The van der Waals surface area contributed by atoms with E-state index in [1.807, 2.05) is 54.6 Å². The number of benzene rings is 2. The van der Waals surface area contributed by atoms with Gasteiger partial charge in [-0.1, -0.05) is 30.3 Å². The van der Waals surface area contributed by atoms with Crippen molar-refractivity contribution in [3.63, 3.8) is 0 Å². The summed E-state index contributed by atoms with van der Waals surface area (Å²) in [6, 6.07) is 17.0. The van der Waals surface area contributed by atoms with Gasteiger partial charge < -0.3 is 15.6 Å². The average molecular weight is 322 g/mol. The van der Waals surface area contributed by atoms with Crippen LogP contribution in [0.2, 0.25) is 0 Å². The molecule has 0 aliphatic carbocycles. The average Bonchev–Trinajstić information content (AvgIpc) is 2.56. The fourth-order valence-electron chi connectivity index (χ4n) is 2.04. The highest BCUT2D eigenvalue weighted by atomic mass is 32.1. The van der Waals surface area contributed by atoms with Crippen LogP contribution in [-0.2, 0) is 0 Å². The van der Waals surface area contributed by atoms with E-state index in [0.29, 0.717) is 16.3 Å². The molecule has 0 bridgehead atoms. The number of hydrogen-bond donors (Lipinski definition) is 3. The molecule has 6 heteroatoms. The van der Waals surface area contributed by atoms with Crippen LogP contribution in [0.15, 0.2) is 65.6 Å². The minimum absolute atomic E-state index is 0.247. The molecule has 114 valence electrons. The molecular weight excluding hydrogens is 308 g/mol. The Hall–Kier alpha value is -2.99. The first-order valence-electron chi connectivity index (χ1n) is 7.00. The van der Waals surface area contributed by atoms with Crippen molar-refractivity contribution in [1.29, 1.82) is 0 Å². The van der Waals surface area contributed by atoms with Gasteiger partial charge in [0.1, 0.15) is 5.69 Å². The number of anilines is 1. The van der Waals surface area contributed by atoms with Gasteiger partial charge in [0.25, 0.3) is 5.56 Å². The number of nitrogens with zero attached hydrogens (tertiary/aromatic N) is 1. The Balaban J connectivity index is 1.69. The van der Waals surface area contributed by atoms with Crippen molar-refractivity contribution < 1.29 is 0 Å². The van der Waals surface area contributed by atoms with Crippen molar-refractivity contribution in [2.75, 3.05) is 5.32 Å². The number of para-hydroxylation sites is 3. The Bertz CT molecular complexity index is 919. The lowest BCUT2D eigenvalue weighted by atomic mass is 10.3. The number of rotatable bonds is 3. The second-order valence-corrected chi connectivity index (χ2v) is 5.17. The van der Waals surface area contributed by atoms with E-state index < -0.39 is 0 Å².